The Hall–Kier alpha value is -1.36. The SMILES string of the molecule is CCn1cc(C(=O)N2CCC(C)C(O)C2)cn1. The first-order valence-electron chi connectivity index (χ1n) is 6.11. The quantitative estimate of drug-likeness (QED) is 0.825. The smallest absolute Gasteiger partial charge is 0.257 e. The first-order valence-corrected chi connectivity index (χ1v) is 6.11. The third kappa shape index (κ3) is 2.49. The number of aliphatic hydroxyl groups excluding tert-OH is 1. The van der Waals surface area contributed by atoms with E-state index in [1.807, 2.05) is 13.8 Å². The van der Waals surface area contributed by atoms with Gasteiger partial charge in [0.05, 0.1) is 17.9 Å². The molecule has 1 N–H and O–H groups in total. The van der Waals surface area contributed by atoms with E-state index in [-0.39, 0.29) is 11.8 Å². The molecule has 2 atom stereocenters. The van der Waals surface area contributed by atoms with Crippen molar-refractivity contribution in [3.05, 3.63) is 18.0 Å². The summed E-state index contributed by atoms with van der Waals surface area (Å²) >= 11 is 0. The molecule has 5 nitrogen and oxygen atoms in total. The van der Waals surface area contributed by atoms with Crippen molar-refractivity contribution < 1.29 is 9.90 Å². The number of rotatable bonds is 2. The molecule has 1 saturated heterocycles. The van der Waals surface area contributed by atoms with Crippen LogP contribution in [0.25, 0.3) is 0 Å². The molecule has 0 aliphatic carbocycles. The molecule has 0 saturated carbocycles. The summed E-state index contributed by atoms with van der Waals surface area (Å²) in [6, 6.07) is 0. The number of piperidine rings is 1. The Labute approximate surface area is 101 Å². The summed E-state index contributed by atoms with van der Waals surface area (Å²) in [6.45, 7) is 5.90. The predicted molar refractivity (Wildman–Crippen MR) is 63.6 cm³/mol. The van der Waals surface area contributed by atoms with Crippen LogP contribution in [0.4, 0.5) is 0 Å². The normalized spacial score (nSPS) is 25.0. The van der Waals surface area contributed by atoms with E-state index in [0.29, 0.717) is 18.7 Å². The van der Waals surface area contributed by atoms with Crippen LogP contribution in [0, 0.1) is 5.92 Å². The van der Waals surface area contributed by atoms with Crippen molar-refractivity contribution in [1.82, 2.24) is 14.7 Å². The number of hydrogen-bond acceptors (Lipinski definition) is 3. The summed E-state index contributed by atoms with van der Waals surface area (Å²) in [6.07, 6.45) is 3.80. The second-order valence-electron chi connectivity index (χ2n) is 4.67. The highest BCUT2D eigenvalue weighted by molar-refractivity contribution is 5.93. The monoisotopic (exact) mass is 237 g/mol. The molecule has 0 bridgehead atoms. The summed E-state index contributed by atoms with van der Waals surface area (Å²) in [5.74, 6) is 0.244. The average Bonchev–Trinajstić information content (AvgIpc) is 2.80. The zero-order chi connectivity index (χ0) is 12.4. The summed E-state index contributed by atoms with van der Waals surface area (Å²) in [5.41, 5.74) is 0.605. The molecule has 2 unspecified atom stereocenters. The number of aromatic nitrogens is 2. The van der Waals surface area contributed by atoms with Gasteiger partial charge in [0.2, 0.25) is 0 Å². The van der Waals surface area contributed by atoms with Crippen molar-refractivity contribution in [2.45, 2.75) is 32.9 Å². The molecule has 5 heteroatoms. The van der Waals surface area contributed by atoms with Crippen LogP contribution in [0.15, 0.2) is 12.4 Å². The molecule has 2 rings (SSSR count). The van der Waals surface area contributed by atoms with E-state index in [2.05, 4.69) is 5.10 Å². The molecule has 1 fully saturated rings. The largest absolute Gasteiger partial charge is 0.391 e. The van der Waals surface area contributed by atoms with Crippen molar-refractivity contribution in [3.63, 3.8) is 0 Å². The van der Waals surface area contributed by atoms with Crippen LogP contribution in [-0.2, 0) is 6.54 Å². The summed E-state index contributed by atoms with van der Waals surface area (Å²) in [7, 11) is 0. The van der Waals surface area contributed by atoms with Gasteiger partial charge >= 0.3 is 0 Å². The van der Waals surface area contributed by atoms with Gasteiger partial charge in [0.25, 0.3) is 5.91 Å². The fourth-order valence-electron chi connectivity index (χ4n) is 2.06. The number of likely N-dealkylation sites (tertiary alicyclic amines) is 1. The molecule has 1 aliphatic heterocycles. The maximum absolute atomic E-state index is 12.1. The van der Waals surface area contributed by atoms with E-state index in [1.165, 1.54) is 0 Å². The summed E-state index contributed by atoms with van der Waals surface area (Å²) in [4.78, 5) is 13.9. The van der Waals surface area contributed by atoms with Gasteiger partial charge < -0.3 is 10.0 Å². The number of aliphatic hydroxyl groups is 1. The summed E-state index contributed by atoms with van der Waals surface area (Å²) < 4.78 is 1.73. The second kappa shape index (κ2) is 4.87. The van der Waals surface area contributed by atoms with Gasteiger partial charge in [-0.05, 0) is 19.3 Å². The van der Waals surface area contributed by atoms with Crippen LogP contribution in [0.1, 0.15) is 30.6 Å². The Morgan fingerprint density at radius 3 is 3.00 bits per heavy atom. The van der Waals surface area contributed by atoms with Gasteiger partial charge in [-0.3, -0.25) is 9.48 Å². The third-order valence-corrected chi connectivity index (χ3v) is 3.41. The van der Waals surface area contributed by atoms with Crippen LogP contribution in [0.2, 0.25) is 0 Å². The lowest BCUT2D eigenvalue weighted by Crippen LogP contribution is -2.45. The molecule has 0 aromatic carbocycles. The zero-order valence-corrected chi connectivity index (χ0v) is 10.3. The molecule has 94 valence electrons. The lowest BCUT2D eigenvalue weighted by Gasteiger charge is -2.34. The number of carbonyl (C=O) groups is 1. The first kappa shape index (κ1) is 12.1. The predicted octanol–water partition coefficient (Wildman–Crippen LogP) is 0.746. The topological polar surface area (TPSA) is 58.4 Å². The van der Waals surface area contributed by atoms with Crippen LogP contribution in [0.3, 0.4) is 0 Å². The Morgan fingerprint density at radius 2 is 2.41 bits per heavy atom. The Balaban J connectivity index is 2.05. The minimum Gasteiger partial charge on any atom is -0.391 e. The van der Waals surface area contributed by atoms with Crippen molar-refractivity contribution in [2.75, 3.05) is 13.1 Å². The molecule has 1 aromatic heterocycles. The first-order chi connectivity index (χ1) is 8.11. The molecule has 17 heavy (non-hydrogen) atoms. The standard InChI is InChI=1S/C12H19N3O2/c1-3-15-7-10(6-13-15)12(17)14-5-4-9(2)11(16)8-14/h6-7,9,11,16H,3-5,8H2,1-2H3. The van der Waals surface area contributed by atoms with E-state index in [0.717, 1.165) is 13.0 Å². The fraction of sp³-hybridized carbons (Fsp3) is 0.667. The highest BCUT2D eigenvalue weighted by Crippen LogP contribution is 2.18. The van der Waals surface area contributed by atoms with Crippen molar-refractivity contribution in [3.8, 4) is 0 Å². The van der Waals surface area contributed by atoms with E-state index >= 15 is 0 Å². The minimum atomic E-state index is -0.408. The maximum atomic E-state index is 12.1. The Bertz CT molecular complexity index is 402. The summed E-state index contributed by atoms with van der Waals surface area (Å²) in [5, 5.41) is 13.9. The van der Waals surface area contributed by atoms with E-state index in [4.69, 9.17) is 0 Å². The minimum absolute atomic E-state index is 0.0318. The molecule has 0 radical (unpaired) electrons. The van der Waals surface area contributed by atoms with E-state index < -0.39 is 6.10 Å². The van der Waals surface area contributed by atoms with Crippen molar-refractivity contribution in [2.24, 2.45) is 5.92 Å². The molecular weight excluding hydrogens is 218 g/mol. The van der Waals surface area contributed by atoms with Gasteiger partial charge in [-0.15, -0.1) is 0 Å². The van der Waals surface area contributed by atoms with Crippen molar-refractivity contribution in [1.29, 1.82) is 0 Å². The van der Waals surface area contributed by atoms with Crippen LogP contribution in [-0.4, -0.2) is 44.9 Å². The molecule has 0 spiro atoms. The van der Waals surface area contributed by atoms with Gasteiger partial charge in [-0.1, -0.05) is 6.92 Å². The van der Waals surface area contributed by atoms with Gasteiger partial charge in [-0.2, -0.15) is 5.10 Å². The molecular formula is C12H19N3O2. The van der Waals surface area contributed by atoms with Gasteiger partial charge in [0.1, 0.15) is 0 Å². The Morgan fingerprint density at radius 1 is 1.65 bits per heavy atom. The van der Waals surface area contributed by atoms with Crippen LogP contribution in [0.5, 0.6) is 0 Å². The number of nitrogens with zero attached hydrogens (tertiary/aromatic N) is 3. The molecule has 1 aromatic rings. The highest BCUT2D eigenvalue weighted by Gasteiger charge is 2.28. The molecule has 1 aliphatic rings. The number of amides is 1. The highest BCUT2D eigenvalue weighted by atomic mass is 16.3. The second-order valence-corrected chi connectivity index (χ2v) is 4.67. The Kier molecular flexibility index (Phi) is 3.47. The maximum Gasteiger partial charge on any atom is 0.257 e. The van der Waals surface area contributed by atoms with Gasteiger partial charge in [-0.25, -0.2) is 0 Å². The lowest BCUT2D eigenvalue weighted by atomic mass is 9.96. The van der Waals surface area contributed by atoms with Crippen LogP contribution < -0.4 is 0 Å². The number of hydrogen-bond donors (Lipinski definition) is 1. The fourth-order valence-corrected chi connectivity index (χ4v) is 2.06. The number of β-amino-alcohol motifs (C(OH)–C–C–N with tert-alkyl or cyclic N) is 1. The van der Waals surface area contributed by atoms with E-state index in [9.17, 15) is 9.90 Å². The van der Waals surface area contributed by atoms with E-state index in [1.54, 1.807) is 22.0 Å². The van der Waals surface area contributed by atoms with Gasteiger partial charge in [0.15, 0.2) is 0 Å². The zero-order valence-electron chi connectivity index (χ0n) is 10.3. The number of aryl methyl sites for hydroxylation is 1. The average molecular weight is 237 g/mol. The van der Waals surface area contributed by atoms with Gasteiger partial charge in [0, 0.05) is 25.8 Å². The number of carbonyl (C=O) groups excluding carboxylic acids is 1. The molecule has 1 amide bonds. The molecule has 2 heterocycles. The van der Waals surface area contributed by atoms with Crippen LogP contribution >= 0.6 is 0 Å². The third-order valence-electron chi connectivity index (χ3n) is 3.41. The lowest BCUT2D eigenvalue weighted by molar-refractivity contribution is 0.0248. The van der Waals surface area contributed by atoms with Crippen molar-refractivity contribution >= 4 is 5.91 Å².